The molecule has 3 heteroatoms. The van der Waals surface area contributed by atoms with Crippen LogP contribution in [0.4, 0.5) is 0 Å². The number of rotatable bonds is 1. The van der Waals surface area contributed by atoms with Gasteiger partial charge >= 0.3 is 5.96 Å². The molecule has 1 unspecified atom stereocenters. The Morgan fingerprint density at radius 1 is 1.42 bits per heavy atom. The van der Waals surface area contributed by atoms with Crippen molar-refractivity contribution in [3.05, 3.63) is 0 Å². The maximum absolute atomic E-state index is 5.87. The molecule has 68 valence electrons. The zero-order valence-corrected chi connectivity index (χ0v) is 7.71. The van der Waals surface area contributed by atoms with Gasteiger partial charge in [0.25, 0.3) is 0 Å². The second kappa shape index (κ2) is 2.96. The van der Waals surface area contributed by atoms with E-state index in [1.54, 1.807) is 0 Å². The zero-order valence-electron chi connectivity index (χ0n) is 7.71. The number of nitrogens with zero attached hydrogens (tertiary/aromatic N) is 1. The molecule has 1 atom stereocenters. The molecule has 12 heavy (non-hydrogen) atoms. The predicted molar refractivity (Wildman–Crippen MR) is 49.1 cm³/mol. The van der Waals surface area contributed by atoms with Crippen LogP contribution in [0.3, 0.4) is 0 Å². The van der Waals surface area contributed by atoms with Crippen molar-refractivity contribution in [1.29, 1.82) is 0 Å². The zero-order chi connectivity index (χ0) is 8.55. The molecule has 0 bridgehead atoms. The third kappa shape index (κ3) is 1.28. The molecule has 3 nitrogen and oxygen atoms in total. The van der Waals surface area contributed by atoms with Gasteiger partial charge in [-0.15, -0.1) is 0 Å². The Bertz CT molecular complexity index is 206. The topological polar surface area (TPSA) is 41.1 Å². The first-order valence-corrected chi connectivity index (χ1v) is 4.89. The van der Waals surface area contributed by atoms with E-state index in [9.17, 15) is 0 Å². The van der Waals surface area contributed by atoms with Crippen LogP contribution in [0.5, 0.6) is 0 Å². The Labute approximate surface area is 73.6 Å². The predicted octanol–water partition coefficient (Wildman–Crippen LogP) is 0.105. The molecule has 0 aromatic carbocycles. The molecule has 0 aromatic heterocycles. The lowest BCUT2D eigenvalue weighted by atomic mass is 10.1. The van der Waals surface area contributed by atoms with Gasteiger partial charge in [-0.1, -0.05) is 0 Å². The van der Waals surface area contributed by atoms with Crippen LogP contribution in [0.2, 0.25) is 0 Å². The molecule has 0 amide bonds. The Morgan fingerprint density at radius 3 is 2.75 bits per heavy atom. The molecule has 2 aliphatic rings. The Balaban J connectivity index is 2.12. The van der Waals surface area contributed by atoms with E-state index in [0.29, 0.717) is 0 Å². The van der Waals surface area contributed by atoms with Crippen molar-refractivity contribution in [2.45, 2.75) is 31.7 Å². The molecule has 1 heterocycles. The first-order valence-electron chi connectivity index (χ1n) is 4.89. The standard InChI is InChI=1S/C9H17N3/c1-11-9(10)12-6-2-3-8(12)7-4-5-7/h7-8H,2-6H2,1H3,(H2,10,11)/p+1. The lowest BCUT2D eigenvalue weighted by Gasteiger charge is -2.11. The van der Waals surface area contributed by atoms with Crippen LogP contribution in [0.25, 0.3) is 0 Å². The summed E-state index contributed by atoms with van der Waals surface area (Å²) in [5.74, 6) is 1.81. The molecule has 1 aliphatic heterocycles. The Morgan fingerprint density at radius 2 is 2.17 bits per heavy atom. The quantitative estimate of drug-likeness (QED) is 0.431. The Hall–Kier alpha value is -0.730. The van der Waals surface area contributed by atoms with E-state index in [1.165, 1.54) is 25.7 Å². The van der Waals surface area contributed by atoms with Crippen LogP contribution < -0.4 is 11.1 Å². The molecule has 2 fully saturated rings. The van der Waals surface area contributed by atoms with Crippen molar-refractivity contribution in [2.24, 2.45) is 11.7 Å². The SMILES string of the molecule is CNC(N)=[N+]1CCCC1C1CC1. The summed E-state index contributed by atoms with van der Waals surface area (Å²) in [6.07, 6.45) is 5.48. The summed E-state index contributed by atoms with van der Waals surface area (Å²) in [5.41, 5.74) is 5.87. The average Bonchev–Trinajstić information content (AvgIpc) is 2.83. The van der Waals surface area contributed by atoms with Gasteiger partial charge in [0, 0.05) is 0 Å². The van der Waals surface area contributed by atoms with Gasteiger partial charge in [0.2, 0.25) is 0 Å². The monoisotopic (exact) mass is 168 g/mol. The number of nitrogens with one attached hydrogen (secondary N) is 1. The van der Waals surface area contributed by atoms with Crippen LogP contribution in [-0.2, 0) is 0 Å². The largest absolute Gasteiger partial charge is 0.343 e. The molecule has 1 saturated heterocycles. The van der Waals surface area contributed by atoms with Crippen LogP contribution in [-0.4, -0.2) is 30.2 Å². The van der Waals surface area contributed by atoms with E-state index < -0.39 is 0 Å². The molecule has 1 saturated carbocycles. The van der Waals surface area contributed by atoms with Crippen LogP contribution in [0, 0.1) is 5.92 Å². The number of hydrogen-bond acceptors (Lipinski definition) is 0. The minimum Gasteiger partial charge on any atom is -0.291 e. The molecule has 0 radical (unpaired) electrons. The molecular weight excluding hydrogens is 150 g/mol. The fourth-order valence-electron chi connectivity index (χ4n) is 2.21. The van der Waals surface area contributed by atoms with Gasteiger partial charge in [0.1, 0.15) is 0 Å². The first-order chi connectivity index (χ1) is 5.83. The third-order valence-corrected chi connectivity index (χ3v) is 3.03. The van der Waals surface area contributed by atoms with Crippen molar-refractivity contribution < 1.29 is 4.58 Å². The van der Waals surface area contributed by atoms with Crippen LogP contribution in [0.15, 0.2) is 0 Å². The van der Waals surface area contributed by atoms with E-state index in [4.69, 9.17) is 5.73 Å². The average molecular weight is 168 g/mol. The maximum atomic E-state index is 5.87. The highest BCUT2D eigenvalue weighted by Crippen LogP contribution is 2.38. The van der Waals surface area contributed by atoms with Gasteiger partial charge in [-0.2, -0.15) is 0 Å². The summed E-state index contributed by atoms with van der Waals surface area (Å²) in [7, 11) is 1.90. The molecule has 2 rings (SSSR count). The van der Waals surface area contributed by atoms with Gasteiger partial charge < -0.3 is 0 Å². The highest BCUT2D eigenvalue weighted by Gasteiger charge is 2.38. The number of hydrogen-bond donors (Lipinski definition) is 2. The summed E-state index contributed by atoms with van der Waals surface area (Å²) in [4.78, 5) is 0. The second-order valence-electron chi connectivity index (χ2n) is 3.88. The highest BCUT2D eigenvalue weighted by atomic mass is 15.2. The molecule has 0 aromatic rings. The minimum atomic E-state index is 0.748. The van der Waals surface area contributed by atoms with Gasteiger partial charge in [-0.05, 0) is 31.6 Å². The first kappa shape index (κ1) is 7.90. The Kier molecular flexibility index (Phi) is 1.95. The van der Waals surface area contributed by atoms with Crippen molar-refractivity contribution in [1.82, 2.24) is 5.32 Å². The van der Waals surface area contributed by atoms with Crippen molar-refractivity contribution in [2.75, 3.05) is 13.6 Å². The lowest BCUT2D eigenvalue weighted by molar-refractivity contribution is -0.550. The molecule has 3 N–H and O–H groups in total. The summed E-state index contributed by atoms with van der Waals surface area (Å²) >= 11 is 0. The van der Waals surface area contributed by atoms with Gasteiger partial charge in [-0.3, -0.25) is 15.6 Å². The van der Waals surface area contributed by atoms with Gasteiger partial charge in [-0.25, -0.2) is 0 Å². The smallest absolute Gasteiger partial charge is 0.291 e. The van der Waals surface area contributed by atoms with Gasteiger partial charge in [0.15, 0.2) is 0 Å². The molecular formula is C9H18N3+. The van der Waals surface area contributed by atoms with E-state index in [1.807, 2.05) is 7.05 Å². The fraction of sp³-hybridized carbons (Fsp3) is 0.889. The van der Waals surface area contributed by atoms with Crippen molar-refractivity contribution >= 4 is 5.96 Å². The van der Waals surface area contributed by atoms with Crippen LogP contribution >= 0.6 is 0 Å². The normalized spacial score (nSPS) is 33.6. The van der Waals surface area contributed by atoms with Crippen molar-refractivity contribution in [3.63, 3.8) is 0 Å². The van der Waals surface area contributed by atoms with E-state index in [2.05, 4.69) is 9.89 Å². The maximum Gasteiger partial charge on any atom is 0.343 e. The van der Waals surface area contributed by atoms with Crippen molar-refractivity contribution in [3.8, 4) is 0 Å². The molecule has 0 spiro atoms. The van der Waals surface area contributed by atoms with E-state index >= 15 is 0 Å². The summed E-state index contributed by atoms with van der Waals surface area (Å²) in [6, 6.07) is 0.748. The van der Waals surface area contributed by atoms with Crippen LogP contribution in [0.1, 0.15) is 25.7 Å². The summed E-state index contributed by atoms with van der Waals surface area (Å²) in [6.45, 7) is 1.15. The van der Waals surface area contributed by atoms with Gasteiger partial charge in [0.05, 0.1) is 19.6 Å². The third-order valence-electron chi connectivity index (χ3n) is 3.03. The lowest BCUT2D eigenvalue weighted by Crippen LogP contribution is -2.41. The highest BCUT2D eigenvalue weighted by molar-refractivity contribution is 5.72. The summed E-state index contributed by atoms with van der Waals surface area (Å²) in [5, 5.41) is 3.04. The molecule has 1 aliphatic carbocycles. The second-order valence-corrected chi connectivity index (χ2v) is 3.88. The fourth-order valence-corrected chi connectivity index (χ4v) is 2.21. The van der Waals surface area contributed by atoms with E-state index in [0.717, 1.165) is 24.5 Å². The summed E-state index contributed by atoms with van der Waals surface area (Å²) < 4.78 is 2.34. The number of nitrogens with two attached hydrogens (primary N) is 1. The number of guanidine groups is 1. The minimum absolute atomic E-state index is 0.748. The van der Waals surface area contributed by atoms with E-state index in [-0.39, 0.29) is 0 Å².